The lowest BCUT2D eigenvalue weighted by atomic mass is 10.1. The van der Waals surface area contributed by atoms with E-state index in [1.807, 2.05) is 55.5 Å². The van der Waals surface area contributed by atoms with Crippen molar-refractivity contribution in [3.05, 3.63) is 119 Å². The first-order valence-electron chi connectivity index (χ1n) is 14.0. The van der Waals surface area contributed by atoms with Crippen LogP contribution in [0.25, 0.3) is 0 Å². The third-order valence-electron chi connectivity index (χ3n) is 6.87. The van der Waals surface area contributed by atoms with E-state index in [1.165, 1.54) is 29.2 Å². The minimum Gasteiger partial charge on any atom is -0.497 e. The molecule has 0 aliphatic heterocycles. The third-order valence-corrected chi connectivity index (χ3v) is 6.87. The summed E-state index contributed by atoms with van der Waals surface area (Å²) in [6.07, 6.45) is 0.552. The van der Waals surface area contributed by atoms with E-state index in [2.05, 4.69) is 16.0 Å². The van der Waals surface area contributed by atoms with Crippen LogP contribution in [-0.2, 0) is 22.4 Å². The van der Waals surface area contributed by atoms with Gasteiger partial charge in [-0.1, -0.05) is 42.5 Å². The van der Waals surface area contributed by atoms with Crippen LogP contribution in [0.5, 0.6) is 5.75 Å². The van der Waals surface area contributed by atoms with E-state index in [0.717, 1.165) is 16.7 Å². The van der Waals surface area contributed by atoms with Gasteiger partial charge in [-0.2, -0.15) is 0 Å². The second-order valence-electron chi connectivity index (χ2n) is 10.1. The highest BCUT2D eigenvalue weighted by atomic mass is 16.5. The van der Waals surface area contributed by atoms with E-state index < -0.39 is 11.9 Å². The van der Waals surface area contributed by atoms with Crippen LogP contribution in [0, 0.1) is 6.92 Å². The van der Waals surface area contributed by atoms with Gasteiger partial charge in [0.2, 0.25) is 11.8 Å². The SMILES string of the molecule is COc1cccc(CCN(CC(=O)Nc2ccc(C(=O)O)cc2)C(=O)Cc2ccc(NC(=O)Nc3ccccc3C)cc2)c1. The molecule has 0 aromatic heterocycles. The number of hydrogen-bond donors (Lipinski definition) is 4. The van der Waals surface area contributed by atoms with Gasteiger partial charge in [0.1, 0.15) is 5.75 Å². The summed E-state index contributed by atoms with van der Waals surface area (Å²) in [5.74, 6) is -1.02. The zero-order valence-electron chi connectivity index (χ0n) is 24.5. The lowest BCUT2D eigenvalue weighted by Crippen LogP contribution is -2.40. The molecule has 0 aliphatic rings. The minimum absolute atomic E-state index is 0.0500. The summed E-state index contributed by atoms with van der Waals surface area (Å²) in [5, 5.41) is 17.4. The largest absolute Gasteiger partial charge is 0.497 e. The molecule has 0 radical (unpaired) electrons. The molecule has 226 valence electrons. The quantitative estimate of drug-likeness (QED) is 0.169. The Kier molecular flexibility index (Phi) is 10.7. The molecule has 0 unspecified atom stereocenters. The molecule has 0 heterocycles. The molecule has 4 N–H and O–H groups in total. The highest BCUT2D eigenvalue weighted by Crippen LogP contribution is 2.17. The normalized spacial score (nSPS) is 10.4. The van der Waals surface area contributed by atoms with Gasteiger partial charge < -0.3 is 30.7 Å². The van der Waals surface area contributed by atoms with Crippen molar-refractivity contribution in [3.63, 3.8) is 0 Å². The monoisotopic (exact) mass is 594 g/mol. The number of aromatic carboxylic acids is 1. The predicted molar refractivity (Wildman–Crippen MR) is 169 cm³/mol. The first-order chi connectivity index (χ1) is 21.2. The Labute approximate surface area is 255 Å². The zero-order chi connectivity index (χ0) is 31.5. The van der Waals surface area contributed by atoms with Crippen molar-refractivity contribution < 1.29 is 29.0 Å². The number of carbonyl (C=O) groups is 4. The number of ether oxygens (including phenoxy) is 1. The van der Waals surface area contributed by atoms with Crippen LogP contribution in [0.15, 0.2) is 97.1 Å². The summed E-state index contributed by atoms with van der Waals surface area (Å²) in [4.78, 5) is 51.4. The molecular weight excluding hydrogens is 560 g/mol. The molecule has 0 aliphatic carbocycles. The number of carbonyl (C=O) groups excluding carboxylic acids is 3. The van der Waals surface area contributed by atoms with Crippen molar-refractivity contribution in [3.8, 4) is 5.75 Å². The number of rotatable bonds is 12. The molecule has 4 amide bonds. The molecule has 0 fully saturated rings. The fourth-order valence-corrected chi connectivity index (χ4v) is 4.44. The van der Waals surface area contributed by atoms with Crippen molar-refractivity contribution in [1.29, 1.82) is 0 Å². The molecule has 44 heavy (non-hydrogen) atoms. The average Bonchev–Trinajstić information content (AvgIpc) is 3.01. The lowest BCUT2D eigenvalue weighted by Gasteiger charge is -2.23. The van der Waals surface area contributed by atoms with Crippen molar-refractivity contribution >= 4 is 40.9 Å². The van der Waals surface area contributed by atoms with Gasteiger partial charge in [0.15, 0.2) is 0 Å². The van der Waals surface area contributed by atoms with Crippen molar-refractivity contribution in [2.45, 2.75) is 19.8 Å². The number of nitrogens with zero attached hydrogens (tertiary/aromatic N) is 1. The van der Waals surface area contributed by atoms with E-state index in [0.29, 0.717) is 29.2 Å². The smallest absolute Gasteiger partial charge is 0.335 e. The fourth-order valence-electron chi connectivity index (χ4n) is 4.44. The molecule has 0 saturated carbocycles. The van der Waals surface area contributed by atoms with Crippen molar-refractivity contribution in [2.24, 2.45) is 0 Å². The molecule has 0 bridgehead atoms. The molecule has 4 aromatic rings. The summed E-state index contributed by atoms with van der Waals surface area (Å²) >= 11 is 0. The number of benzene rings is 4. The van der Waals surface area contributed by atoms with Crippen LogP contribution in [0.4, 0.5) is 21.9 Å². The highest BCUT2D eigenvalue weighted by Gasteiger charge is 2.18. The van der Waals surface area contributed by atoms with E-state index in [9.17, 15) is 19.2 Å². The van der Waals surface area contributed by atoms with E-state index in [4.69, 9.17) is 9.84 Å². The molecule has 0 spiro atoms. The maximum absolute atomic E-state index is 13.4. The van der Waals surface area contributed by atoms with Gasteiger partial charge in [0, 0.05) is 23.6 Å². The Hall–Kier alpha value is -5.64. The molecule has 4 aromatic carbocycles. The van der Waals surface area contributed by atoms with E-state index in [-0.39, 0.29) is 37.0 Å². The average molecular weight is 595 g/mol. The first-order valence-corrected chi connectivity index (χ1v) is 14.0. The van der Waals surface area contributed by atoms with Crippen LogP contribution in [0.1, 0.15) is 27.0 Å². The Bertz CT molecular complexity index is 1620. The van der Waals surface area contributed by atoms with Gasteiger partial charge in [-0.3, -0.25) is 9.59 Å². The number of carboxylic acid groups (broad SMARTS) is 1. The summed E-state index contributed by atoms with van der Waals surface area (Å²) in [6.45, 7) is 2.00. The number of carboxylic acids is 1. The summed E-state index contributed by atoms with van der Waals surface area (Å²) in [7, 11) is 1.58. The van der Waals surface area contributed by atoms with Gasteiger partial charge in [-0.25, -0.2) is 9.59 Å². The van der Waals surface area contributed by atoms with Crippen LogP contribution in [-0.4, -0.2) is 54.0 Å². The Morgan fingerprint density at radius 2 is 1.45 bits per heavy atom. The predicted octanol–water partition coefficient (Wildman–Crippen LogP) is 5.60. The number of para-hydroxylation sites is 1. The Balaban J connectivity index is 1.40. The van der Waals surface area contributed by atoms with Crippen molar-refractivity contribution in [2.75, 3.05) is 36.1 Å². The first kappa shape index (κ1) is 31.3. The van der Waals surface area contributed by atoms with Gasteiger partial charge in [0.25, 0.3) is 0 Å². The number of hydrogen-bond acceptors (Lipinski definition) is 5. The minimum atomic E-state index is -1.06. The number of anilines is 3. The summed E-state index contributed by atoms with van der Waals surface area (Å²) in [6, 6.07) is 27.3. The van der Waals surface area contributed by atoms with Crippen molar-refractivity contribution in [1.82, 2.24) is 4.90 Å². The summed E-state index contributed by atoms with van der Waals surface area (Å²) < 4.78 is 5.30. The van der Waals surface area contributed by atoms with Gasteiger partial charge in [0.05, 0.1) is 25.6 Å². The van der Waals surface area contributed by atoms with Crippen LogP contribution in [0.3, 0.4) is 0 Å². The zero-order valence-corrected chi connectivity index (χ0v) is 24.5. The maximum Gasteiger partial charge on any atom is 0.335 e. The number of amides is 4. The molecule has 10 nitrogen and oxygen atoms in total. The number of methoxy groups -OCH3 is 1. The second-order valence-corrected chi connectivity index (χ2v) is 10.1. The standard InChI is InChI=1S/C34H34N4O6/c1-23-6-3-4-9-30(23)37-34(43)36-28-14-10-25(11-15-28)21-32(40)38(19-18-24-7-5-8-29(20-24)44-2)22-31(39)35-27-16-12-26(13-17-27)33(41)42/h3-17,20H,18-19,21-22H2,1-2H3,(H,35,39)(H,41,42)(H2,36,37,43). The molecule has 0 atom stereocenters. The Morgan fingerprint density at radius 1 is 0.773 bits per heavy atom. The highest BCUT2D eigenvalue weighted by molar-refractivity contribution is 6.00. The number of nitrogens with one attached hydrogen (secondary N) is 3. The van der Waals surface area contributed by atoms with Crippen LogP contribution in [0.2, 0.25) is 0 Å². The second kappa shape index (κ2) is 15.0. The van der Waals surface area contributed by atoms with Gasteiger partial charge >= 0.3 is 12.0 Å². The van der Waals surface area contributed by atoms with Gasteiger partial charge in [-0.05, 0) is 84.6 Å². The molecule has 10 heteroatoms. The van der Waals surface area contributed by atoms with E-state index in [1.54, 1.807) is 31.4 Å². The molecule has 0 saturated heterocycles. The topological polar surface area (TPSA) is 137 Å². The van der Waals surface area contributed by atoms with E-state index >= 15 is 0 Å². The van der Waals surface area contributed by atoms with Gasteiger partial charge in [-0.15, -0.1) is 0 Å². The number of urea groups is 1. The maximum atomic E-state index is 13.4. The summed E-state index contributed by atoms with van der Waals surface area (Å²) in [5.41, 5.74) is 4.42. The Morgan fingerprint density at radius 3 is 2.14 bits per heavy atom. The number of aryl methyl sites for hydroxylation is 1. The molecular formula is C34H34N4O6. The molecule has 4 rings (SSSR count). The third kappa shape index (κ3) is 9.18. The van der Waals surface area contributed by atoms with Crippen LogP contribution >= 0.6 is 0 Å². The fraction of sp³-hybridized carbons (Fsp3) is 0.176. The van der Waals surface area contributed by atoms with Crippen LogP contribution < -0.4 is 20.7 Å². The lowest BCUT2D eigenvalue weighted by molar-refractivity contribution is -0.134.